The van der Waals surface area contributed by atoms with Crippen LogP contribution in [0.15, 0.2) is 18.2 Å². The number of piperidine rings is 1. The first-order valence-electron chi connectivity index (χ1n) is 7.50. The molecule has 1 saturated heterocycles. The Morgan fingerprint density at radius 3 is 2.81 bits per heavy atom. The lowest BCUT2D eigenvalue weighted by molar-refractivity contribution is -0.117. The Morgan fingerprint density at radius 2 is 2.14 bits per heavy atom. The molecule has 21 heavy (non-hydrogen) atoms. The highest BCUT2D eigenvalue weighted by molar-refractivity contribution is 5.92. The van der Waals surface area contributed by atoms with E-state index in [2.05, 4.69) is 10.6 Å². The topological polar surface area (TPSA) is 44.4 Å². The van der Waals surface area contributed by atoms with E-state index < -0.39 is 0 Å². The van der Waals surface area contributed by atoms with Crippen molar-refractivity contribution in [1.29, 1.82) is 0 Å². The summed E-state index contributed by atoms with van der Waals surface area (Å²) in [7, 11) is 1.96. The number of anilines is 1. The molecule has 0 saturated carbocycles. The molecule has 0 spiro atoms. The Labute approximate surface area is 125 Å². The van der Waals surface area contributed by atoms with Crippen molar-refractivity contribution in [2.45, 2.75) is 19.8 Å². The predicted octanol–water partition coefficient (Wildman–Crippen LogP) is 2.00. The number of likely N-dealkylation sites (N-methyl/N-ethyl adjacent to an activating group) is 1. The molecule has 1 amide bonds. The van der Waals surface area contributed by atoms with Gasteiger partial charge in [0, 0.05) is 12.2 Å². The van der Waals surface area contributed by atoms with E-state index in [1.54, 1.807) is 19.1 Å². The molecule has 0 radical (unpaired) electrons. The second-order valence-electron chi connectivity index (χ2n) is 5.90. The molecule has 0 aromatic heterocycles. The van der Waals surface area contributed by atoms with Crippen molar-refractivity contribution in [1.82, 2.24) is 10.2 Å². The molecular formula is C16H24FN3O. The highest BCUT2D eigenvalue weighted by atomic mass is 19.1. The third kappa shape index (κ3) is 5.10. The number of rotatable bonds is 5. The van der Waals surface area contributed by atoms with Gasteiger partial charge in [0.25, 0.3) is 0 Å². The van der Waals surface area contributed by atoms with Crippen molar-refractivity contribution in [3.8, 4) is 0 Å². The first-order chi connectivity index (χ1) is 10.0. The predicted molar refractivity (Wildman–Crippen MR) is 82.9 cm³/mol. The maximum Gasteiger partial charge on any atom is 0.238 e. The van der Waals surface area contributed by atoms with Crippen LogP contribution in [0.5, 0.6) is 0 Å². The smallest absolute Gasteiger partial charge is 0.238 e. The van der Waals surface area contributed by atoms with Crippen LogP contribution in [0.1, 0.15) is 18.4 Å². The Balaban J connectivity index is 1.78. The van der Waals surface area contributed by atoms with Gasteiger partial charge in [-0.15, -0.1) is 0 Å². The first kappa shape index (κ1) is 15.9. The summed E-state index contributed by atoms with van der Waals surface area (Å²) in [6.07, 6.45) is 2.32. The van der Waals surface area contributed by atoms with Gasteiger partial charge in [0.1, 0.15) is 5.82 Å². The van der Waals surface area contributed by atoms with E-state index in [4.69, 9.17) is 0 Å². The summed E-state index contributed by atoms with van der Waals surface area (Å²) in [6.45, 7) is 5.09. The average Bonchev–Trinajstić information content (AvgIpc) is 2.43. The molecule has 1 fully saturated rings. The van der Waals surface area contributed by atoms with E-state index in [9.17, 15) is 9.18 Å². The van der Waals surface area contributed by atoms with Gasteiger partial charge < -0.3 is 10.6 Å². The lowest BCUT2D eigenvalue weighted by Crippen LogP contribution is -2.37. The Kier molecular flexibility index (Phi) is 5.70. The maximum absolute atomic E-state index is 13.4. The number of aryl methyl sites for hydroxylation is 1. The van der Waals surface area contributed by atoms with Gasteiger partial charge in [-0.1, -0.05) is 6.07 Å². The summed E-state index contributed by atoms with van der Waals surface area (Å²) in [4.78, 5) is 14.0. The molecule has 1 aromatic rings. The quantitative estimate of drug-likeness (QED) is 0.873. The van der Waals surface area contributed by atoms with Crippen molar-refractivity contribution in [2.75, 3.05) is 38.5 Å². The molecule has 0 atom stereocenters. The second-order valence-corrected chi connectivity index (χ2v) is 5.90. The van der Waals surface area contributed by atoms with Crippen LogP contribution in [-0.4, -0.2) is 44.0 Å². The minimum Gasteiger partial charge on any atom is -0.325 e. The minimum atomic E-state index is -0.295. The van der Waals surface area contributed by atoms with E-state index >= 15 is 0 Å². The number of carbonyl (C=O) groups is 1. The van der Waals surface area contributed by atoms with Crippen LogP contribution in [0.25, 0.3) is 0 Å². The van der Waals surface area contributed by atoms with Crippen LogP contribution in [0.4, 0.5) is 10.1 Å². The summed E-state index contributed by atoms with van der Waals surface area (Å²) in [5.41, 5.74) is 1.09. The lowest BCUT2D eigenvalue weighted by Gasteiger charge is -2.27. The third-order valence-corrected chi connectivity index (χ3v) is 3.90. The monoisotopic (exact) mass is 293 g/mol. The largest absolute Gasteiger partial charge is 0.325 e. The standard InChI is InChI=1S/C16H24FN3O/c1-12-3-4-14(9-15(12)17)19-16(21)11-20(2)10-13-5-7-18-8-6-13/h3-4,9,13,18H,5-8,10-11H2,1-2H3,(H,19,21). The Hall–Kier alpha value is -1.46. The second kappa shape index (κ2) is 7.52. The van der Waals surface area contributed by atoms with Crippen LogP contribution in [0, 0.1) is 18.7 Å². The number of benzene rings is 1. The number of hydrogen-bond donors (Lipinski definition) is 2. The van der Waals surface area contributed by atoms with Crippen LogP contribution in [-0.2, 0) is 4.79 Å². The van der Waals surface area contributed by atoms with Crippen LogP contribution in [0.3, 0.4) is 0 Å². The molecule has 2 N–H and O–H groups in total. The number of amides is 1. The summed E-state index contributed by atoms with van der Waals surface area (Å²) < 4.78 is 13.4. The number of hydrogen-bond acceptors (Lipinski definition) is 3. The number of carbonyl (C=O) groups excluding carboxylic acids is 1. The highest BCUT2D eigenvalue weighted by Gasteiger charge is 2.16. The van der Waals surface area contributed by atoms with Gasteiger partial charge in [0.2, 0.25) is 5.91 Å². The Bertz CT molecular complexity index is 486. The Morgan fingerprint density at radius 1 is 1.43 bits per heavy atom. The SMILES string of the molecule is Cc1ccc(NC(=O)CN(C)CC2CCNCC2)cc1F. The number of halogens is 1. The van der Waals surface area contributed by atoms with Crippen molar-refractivity contribution in [3.63, 3.8) is 0 Å². The zero-order chi connectivity index (χ0) is 15.2. The van der Waals surface area contributed by atoms with E-state index in [1.807, 2.05) is 11.9 Å². The van der Waals surface area contributed by atoms with Gasteiger partial charge in [-0.3, -0.25) is 9.69 Å². The lowest BCUT2D eigenvalue weighted by atomic mass is 9.98. The molecule has 4 nitrogen and oxygen atoms in total. The zero-order valence-electron chi connectivity index (χ0n) is 12.8. The summed E-state index contributed by atoms with van der Waals surface area (Å²) in [5, 5.41) is 6.08. The van der Waals surface area contributed by atoms with Gasteiger partial charge in [0.05, 0.1) is 6.54 Å². The molecule has 116 valence electrons. The van der Waals surface area contributed by atoms with E-state index in [0.717, 1.165) is 32.5 Å². The van der Waals surface area contributed by atoms with E-state index in [1.165, 1.54) is 6.07 Å². The van der Waals surface area contributed by atoms with Gasteiger partial charge in [0.15, 0.2) is 0 Å². The van der Waals surface area contributed by atoms with Crippen LogP contribution >= 0.6 is 0 Å². The van der Waals surface area contributed by atoms with Crippen LogP contribution < -0.4 is 10.6 Å². The highest BCUT2D eigenvalue weighted by Crippen LogP contribution is 2.14. The fourth-order valence-electron chi connectivity index (χ4n) is 2.69. The van der Waals surface area contributed by atoms with Crippen molar-refractivity contribution < 1.29 is 9.18 Å². The van der Waals surface area contributed by atoms with Crippen molar-refractivity contribution in [3.05, 3.63) is 29.6 Å². The van der Waals surface area contributed by atoms with Gasteiger partial charge >= 0.3 is 0 Å². The minimum absolute atomic E-state index is 0.102. The molecule has 1 aliphatic rings. The maximum atomic E-state index is 13.4. The van der Waals surface area contributed by atoms with Gasteiger partial charge in [-0.2, -0.15) is 0 Å². The molecule has 1 aromatic carbocycles. The number of nitrogens with zero attached hydrogens (tertiary/aromatic N) is 1. The normalized spacial score (nSPS) is 16.2. The van der Waals surface area contributed by atoms with E-state index in [-0.39, 0.29) is 11.7 Å². The molecule has 1 heterocycles. The van der Waals surface area contributed by atoms with Crippen molar-refractivity contribution in [2.24, 2.45) is 5.92 Å². The van der Waals surface area contributed by atoms with Gasteiger partial charge in [-0.25, -0.2) is 4.39 Å². The molecule has 2 rings (SSSR count). The van der Waals surface area contributed by atoms with Crippen LogP contribution in [0.2, 0.25) is 0 Å². The molecule has 0 aliphatic carbocycles. The molecule has 0 unspecified atom stereocenters. The third-order valence-electron chi connectivity index (χ3n) is 3.90. The summed E-state index contributed by atoms with van der Waals surface area (Å²) in [5.74, 6) is 0.256. The molecular weight excluding hydrogens is 269 g/mol. The number of nitrogens with one attached hydrogen (secondary N) is 2. The van der Waals surface area contributed by atoms with Gasteiger partial charge in [-0.05, 0) is 63.5 Å². The van der Waals surface area contributed by atoms with Crippen molar-refractivity contribution >= 4 is 11.6 Å². The fourth-order valence-corrected chi connectivity index (χ4v) is 2.69. The first-order valence-corrected chi connectivity index (χ1v) is 7.50. The zero-order valence-corrected chi connectivity index (χ0v) is 12.8. The fraction of sp³-hybridized carbons (Fsp3) is 0.562. The molecule has 5 heteroatoms. The van der Waals surface area contributed by atoms with E-state index in [0.29, 0.717) is 23.7 Å². The summed E-state index contributed by atoms with van der Waals surface area (Å²) in [6, 6.07) is 4.76. The molecule has 1 aliphatic heterocycles. The average molecular weight is 293 g/mol. The molecule has 0 bridgehead atoms. The summed E-state index contributed by atoms with van der Waals surface area (Å²) >= 11 is 0.